The molecule has 2 aromatic carbocycles. The van der Waals surface area contributed by atoms with Crippen LogP contribution in [-0.4, -0.2) is 67.9 Å². The molecule has 9 nitrogen and oxygen atoms in total. The second kappa shape index (κ2) is 11.0. The Balaban J connectivity index is 1.91. The summed E-state index contributed by atoms with van der Waals surface area (Å²) in [7, 11) is 3.41. The Morgan fingerprint density at radius 2 is 1.97 bits per heavy atom. The van der Waals surface area contributed by atoms with E-state index in [1.54, 1.807) is 54.5 Å². The van der Waals surface area contributed by atoms with Crippen LogP contribution in [0.4, 0.5) is 16.2 Å². The topological polar surface area (TPSA) is 112 Å². The number of urea groups is 1. The minimum atomic E-state index is -0.467. The number of likely N-dealkylation sites (N-methyl/N-ethyl adjacent to an activating group) is 1. The lowest BCUT2D eigenvalue weighted by atomic mass is 9.99. The summed E-state index contributed by atoms with van der Waals surface area (Å²) in [5, 5.41) is 18.4. The summed E-state index contributed by atoms with van der Waals surface area (Å²) in [6, 6.07) is 11.2. The van der Waals surface area contributed by atoms with Gasteiger partial charge in [-0.15, -0.1) is 0 Å². The van der Waals surface area contributed by atoms with E-state index in [4.69, 9.17) is 9.47 Å². The second-order valence-electron chi connectivity index (χ2n) is 8.17. The smallest absolute Gasteiger partial charge is 0.323 e. The maximum absolute atomic E-state index is 13.4. The van der Waals surface area contributed by atoms with Crippen LogP contribution in [0.2, 0.25) is 0 Å². The minimum absolute atomic E-state index is 0.00951. The zero-order valence-electron chi connectivity index (χ0n) is 19.4. The first-order chi connectivity index (χ1) is 15.9. The van der Waals surface area contributed by atoms with Gasteiger partial charge >= 0.3 is 6.03 Å². The predicted molar refractivity (Wildman–Crippen MR) is 127 cm³/mol. The average Bonchev–Trinajstić information content (AvgIpc) is 2.81. The van der Waals surface area contributed by atoms with Crippen molar-refractivity contribution in [2.24, 2.45) is 5.92 Å². The second-order valence-corrected chi connectivity index (χ2v) is 8.17. The Morgan fingerprint density at radius 3 is 2.61 bits per heavy atom. The van der Waals surface area contributed by atoms with E-state index in [0.29, 0.717) is 41.5 Å². The number of nitrogens with zero attached hydrogens (tertiary/aromatic N) is 1. The molecule has 9 heteroatoms. The Kier molecular flexibility index (Phi) is 8.13. The van der Waals surface area contributed by atoms with Crippen molar-refractivity contribution in [1.29, 1.82) is 0 Å². The molecule has 3 amide bonds. The number of fused-ring (bicyclic) bond motifs is 1. The number of carbonyl (C=O) groups excluding carboxylic acids is 2. The largest absolute Gasteiger partial charge is 0.497 e. The molecule has 1 aliphatic rings. The maximum Gasteiger partial charge on any atom is 0.323 e. The minimum Gasteiger partial charge on any atom is -0.497 e. The van der Waals surface area contributed by atoms with Crippen LogP contribution < -0.4 is 25.4 Å². The molecule has 0 radical (unpaired) electrons. The fourth-order valence-corrected chi connectivity index (χ4v) is 3.75. The van der Waals surface area contributed by atoms with Crippen LogP contribution in [-0.2, 0) is 0 Å². The van der Waals surface area contributed by atoms with Gasteiger partial charge in [-0.25, -0.2) is 4.79 Å². The number of para-hydroxylation sites is 1. The van der Waals surface area contributed by atoms with Crippen LogP contribution in [0.3, 0.4) is 0 Å². The first-order valence-corrected chi connectivity index (χ1v) is 11.0. The number of hydrogen-bond donors (Lipinski definition) is 4. The lowest BCUT2D eigenvalue weighted by molar-refractivity contribution is 0.0417. The van der Waals surface area contributed by atoms with E-state index < -0.39 is 6.03 Å². The fourth-order valence-electron chi connectivity index (χ4n) is 3.75. The molecule has 0 saturated carbocycles. The molecule has 0 fully saturated rings. The van der Waals surface area contributed by atoms with Gasteiger partial charge in [-0.3, -0.25) is 4.79 Å². The number of aliphatic hydroxyl groups is 1. The average molecular weight is 457 g/mol. The highest BCUT2D eigenvalue weighted by molar-refractivity contribution is 6.04. The van der Waals surface area contributed by atoms with Gasteiger partial charge in [0.2, 0.25) is 0 Å². The van der Waals surface area contributed by atoms with Crippen LogP contribution in [0.25, 0.3) is 0 Å². The summed E-state index contributed by atoms with van der Waals surface area (Å²) in [6.45, 7) is 4.67. The number of benzene rings is 2. The van der Waals surface area contributed by atoms with Crippen LogP contribution in [0.15, 0.2) is 42.5 Å². The normalized spacial score (nSPS) is 18.9. The van der Waals surface area contributed by atoms with Crippen LogP contribution in [0.5, 0.6) is 11.5 Å². The number of anilines is 2. The summed E-state index contributed by atoms with van der Waals surface area (Å²) >= 11 is 0. The number of amides is 3. The number of methoxy groups -OCH3 is 1. The summed E-state index contributed by atoms with van der Waals surface area (Å²) in [5.41, 5.74) is 1.32. The van der Waals surface area contributed by atoms with Crippen molar-refractivity contribution < 1.29 is 24.2 Å². The third-order valence-electron chi connectivity index (χ3n) is 5.69. The highest BCUT2D eigenvalue weighted by Gasteiger charge is 2.33. The molecule has 1 heterocycles. The van der Waals surface area contributed by atoms with Crippen molar-refractivity contribution in [3.05, 3.63) is 48.0 Å². The number of carbonyl (C=O) groups is 2. The van der Waals surface area contributed by atoms with Gasteiger partial charge in [0.15, 0.2) is 5.75 Å². The van der Waals surface area contributed by atoms with Crippen LogP contribution in [0, 0.1) is 5.92 Å². The molecule has 0 aliphatic carbocycles. The SMILES string of the molecule is CNC[C@@H]1Oc2c(NC(=O)Nc3ccc(OC)cc3)cccc2C(=O)N([C@@H](C)CO)C[C@@H]1C. The van der Waals surface area contributed by atoms with Gasteiger partial charge in [0, 0.05) is 24.7 Å². The van der Waals surface area contributed by atoms with Crippen molar-refractivity contribution >= 4 is 23.3 Å². The van der Waals surface area contributed by atoms with Crippen LogP contribution >= 0.6 is 0 Å². The standard InChI is InChI=1S/C24H32N4O5/c1-15-13-28(16(2)14-29)23(30)19-6-5-7-20(22(19)33-21(15)12-25-3)27-24(31)26-17-8-10-18(32-4)11-9-17/h5-11,15-16,21,25,29H,12-14H2,1-4H3,(H2,26,27,31)/t15-,16-,21-/m0/s1. The summed E-state index contributed by atoms with van der Waals surface area (Å²) < 4.78 is 11.4. The van der Waals surface area contributed by atoms with Crippen molar-refractivity contribution in [3.63, 3.8) is 0 Å². The third kappa shape index (κ3) is 5.74. The first kappa shape index (κ1) is 24.3. The Hall–Kier alpha value is -3.30. The Bertz CT molecular complexity index is 966. The number of ether oxygens (including phenoxy) is 2. The number of nitrogens with one attached hydrogen (secondary N) is 3. The van der Waals surface area contributed by atoms with Gasteiger partial charge in [-0.05, 0) is 50.4 Å². The summed E-state index contributed by atoms with van der Waals surface area (Å²) in [5.74, 6) is 0.739. The van der Waals surface area contributed by atoms with Crippen molar-refractivity contribution in [1.82, 2.24) is 10.2 Å². The fraction of sp³-hybridized carbons (Fsp3) is 0.417. The van der Waals surface area contributed by atoms with E-state index >= 15 is 0 Å². The molecule has 0 saturated heterocycles. The zero-order chi connectivity index (χ0) is 24.0. The molecular weight excluding hydrogens is 424 g/mol. The number of hydrogen-bond acceptors (Lipinski definition) is 6. The van der Waals surface area contributed by atoms with Gasteiger partial charge in [0.1, 0.15) is 11.9 Å². The Labute approximate surface area is 194 Å². The first-order valence-electron chi connectivity index (χ1n) is 11.0. The summed E-state index contributed by atoms with van der Waals surface area (Å²) in [6.07, 6.45) is -0.247. The Morgan fingerprint density at radius 1 is 1.24 bits per heavy atom. The van der Waals surface area contributed by atoms with Crippen molar-refractivity contribution in [3.8, 4) is 11.5 Å². The highest BCUT2D eigenvalue weighted by Crippen LogP contribution is 2.34. The highest BCUT2D eigenvalue weighted by atomic mass is 16.5. The van der Waals surface area contributed by atoms with E-state index in [2.05, 4.69) is 16.0 Å². The molecule has 0 unspecified atom stereocenters. The third-order valence-corrected chi connectivity index (χ3v) is 5.69. The molecule has 4 N–H and O–H groups in total. The molecule has 33 heavy (non-hydrogen) atoms. The van der Waals surface area contributed by atoms with Gasteiger partial charge in [0.25, 0.3) is 5.91 Å². The van der Waals surface area contributed by atoms with Gasteiger partial charge < -0.3 is 35.4 Å². The molecule has 0 aromatic heterocycles. The molecule has 3 atom stereocenters. The van der Waals surface area contributed by atoms with E-state index in [1.165, 1.54) is 0 Å². The van der Waals surface area contributed by atoms with Gasteiger partial charge in [-0.2, -0.15) is 0 Å². The number of aliphatic hydroxyl groups excluding tert-OH is 1. The van der Waals surface area contributed by atoms with Gasteiger partial charge in [-0.1, -0.05) is 13.0 Å². The molecule has 0 bridgehead atoms. The zero-order valence-corrected chi connectivity index (χ0v) is 19.4. The molecule has 2 aromatic rings. The molecule has 3 rings (SSSR count). The monoisotopic (exact) mass is 456 g/mol. The molecule has 0 spiro atoms. The number of rotatable bonds is 7. The molecule has 1 aliphatic heterocycles. The van der Waals surface area contributed by atoms with Gasteiger partial charge in [0.05, 0.1) is 31.0 Å². The molecular formula is C24H32N4O5. The van der Waals surface area contributed by atoms with Crippen molar-refractivity contribution in [2.45, 2.75) is 26.0 Å². The predicted octanol–water partition coefficient (Wildman–Crippen LogP) is 2.78. The van der Waals surface area contributed by atoms with E-state index in [9.17, 15) is 14.7 Å². The van der Waals surface area contributed by atoms with Crippen molar-refractivity contribution in [2.75, 3.05) is 44.5 Å². The van der Waals surface area contributed by atoms with E-state index in [0.717, 1.165) is 0 Å². The lowest BCUT2D eigenvalue weighted by Crippen LogP contribution is -2.49. The summed E-state index contributed by atoms with van der Waals surface area (Å²) in [4.78, 5) is 27.7. The molecule has 178 valence electrons. The lowest BCUT2D eigenvalue weighted by Gasteiger charge is -2.37. The maximum atomic E-state index is 13.4. The van der Waals surface area contributed by atoms with Crippen LogP contribution in [0.1, 0.15) is 24.2 Å². The van der Waals surface area contributed by atoms with E-state index in [1.807, 2.05) is 20.9 Å². The van der Waals surface area contributed by atoms with E-state index in [-0.39, 0.29) is 30.6 Å². The quantitative estimate of drug-likeness (QED) is 0.510.